The Morgan fingerprint density at radius 2 is 1.71 bits per heavy atom. The molecule has 0 saturated heterocycles. The fourth-order valence-corrected chi connectivity index (χ4v) is 8.58. The first-order valence-corrected chi connectivity index (χ1v) is 18.2. The van der Waals surface area contributed by atoms with Crippen molar-refractivity contribution in [3.8, 4) is 0 Å². The van der Waals surface area contributed by atoms with Gasteiger partial charge in [0.1, 0.15) is 5.84 Å². The summed E-state index contributed by atoms with van der Waals surface area (Å²) in [6.45, 7) is 7.76. The molecule has 49 heavy (non-hydrogen) atoms. The van der Waals surface area contributed by atoms with E-state index in [4.69, 9.17) is 4.99 Å². The van der Waals surface area contributed by atoms with Gasteiger partial charge in [0.15, 0.2) is 0 Å². The molecule has 2 heteroatoms. The lowest BCUT2D eigenvalue weighted by molar-refractivity contribution is 0.498. The quantitative estimate of drug-likeness (QED) is 0.319. The lowest BCUT2D eigenvalue weighted by atomic mass is 9.69. The van der Waals surface area contributed by atoms with Gasteiger partial charge in [0.2, 0.25) is 0 Å². The van der Waals surface area contributed by atoms with E-state index >= 15 is 0 Å². The number of hydrogen-bond acceptors (Lipinski definition) is 2. The number of fused-ring (bicyclic) bond motifs is 3. The molecule has 1 aliphatic heterocycles. The predicted molar refractivity (Wildman–Crippen MR) is 206 cm³/mol. The third kappa shape index (κ3) is 6.11. The van der Waals surface area contributed by atoms with Gasteiger partial charge in [-0.3, -0.25) is 4.99 Å². The number of nitrogens with one attached hydrogen (secondary N) is 1. The van der Waals surface area contributed by atoms with Crippen LogP contribution in [0.3, 0.4) is 0 Å². The molecule has 1 N–H and O–H groups in total. The van der Waals surface area contributed by atoms with E-state index < -0.39 is 0 Å². The summed E-state index contributed by atoms with van der Waals surface area (Å²) >= 11 is 0. The van der Waals surface area contributed by atoms with Crippen LogP contribution in [0.4, 0.5) is 0 Å². The Morgan fingerprint density at radius 3 is 2.59 bits per heavy atom. The highest BCUT2D eigenvalue weighted by Gasteiger charge is 2.34. The topological polar surface area (TPSA) is 24.4 Å². The molecule has 0 bridgehead atoms. The maximum Gasteiger partial charge on any atom is 0.132 e. The van der Waals surface area contributed by atoms with E-state index in [1.54, 1.807) is 5.57 Å². The van der Waals surface area contributed by atoms with Gasteiger partial charge in [-0.25, -0.2) is 0 Å². The lowest BCUT2D eigenvalue weighted by Crippen LogP contribution is -2.30. The highest BCUT2D eigenvalue weighted by Crippen LogP contribution is 2.47. The van der Waals surface area contributed by atoms with Gasteiger partial charge in [0, 0.05) is 29.0 Å². The number of amidine groups is 1. The zero-order chi connectivity index (χ0) is 33.3. The van der Waals surface area contributed by atoms with Gasteiger partial charge in [-0.15, -0.1) is 5.73 Å². The number of allylic oxidation sites excluding steroid dienone is 22. The molecule has 1 heterocycles. The van der Waals surface area contributed by atoms with E-state index in [1.165, 1.54) is 44.6 Å². The van der Waals surface area contributed by atoms with Crippen LogP contribution in [-0.4, -0.2) is 12.4 Å². The van der Waals surface area contributed by atoms with Crippen molar-refractivity contribution in [1.82, 2.24) is 5.32 Å². The molecule has 0 spiro atoms. The summed E-state index contributed by atoms with van der Waals surface area (Å²) in [6.07, 6.45) is 43.0. The molecule has 7 aliphatic rings. The van der Waals surface area contributed by atoms with Crippen LogP contribution in [0, 0.1) is 23.7 Å². The first-order chi connectivity index (χ1) is 24.0. The molecule has 0 fully saturated rings. The van der Waals surface area contributed by atoms with E-state index in [9.17, 15) is 0 Å². The van der Waals surface area contributed by atoms with Crippen LogP contribution in [0.15, 0.2) is 189 Å². The summed E-state index contributed by atoms with van der Waals surface area (Å²) in [7, 11) is 0. The summed E-state index contributed by atoms with van der Waals surface area (Å²) in [5, 5.41) is 3.91. The average molecular weight is 639 g/mol. The molecular formula is C47H46N2. The molecule has 6 aliphatic carbocycles. The van der Waals surface area contributed by atoms with Gasteiger partial charge in [0.25, 0.3) is 0 Å². The van der Waals surface area contributed by atoms with Crippen LogP contribution < -0.4 is 5.32 Å². The fraction of sp³-hybridized carbons (Fsp3) is 0.277. The fourth-order valence-electron chi connectivity index (χ4n) is 8.58. The van der Waals surface area contributed by atoms with Crippen LogP contribution in [-0.2, 0) is 0 Å². The van der Waals surface area contributed by atoms with E-state index in [0.29, 0.717) is 18.4 Å². The van der Waals surface area contributed by atoms with Crippen molar-refractivity contribution in [2.45, 2.75) is 52.4 Å². The Balaban J connectivity index is 1.13. The third-order valence-electron chi connectivity index (χ3n) is 11.5. The van der Waals surface area contributed by atoms with Crippen molar-refractivity contribution in [3.05, 3.63) is 195 Å². The first kappa shape index (κ1) is 31.4. The van der Waals surface area contributed by atoms with Gasteiger partial charge in [-0.1, -0.05) is 122 Å². The van der Waals surface area contributed by atoms with Gasteiger partial charge >= 0.3 is 0 Å². The van der Waals surface area contributed by atoms with E-state index in [2.05, 4.69) is 153 Å². The summed E-state index contributed by atoms with van der Waals surface area (Å²) in [6, 6.07) is 9.28. The smallest absolute Gasteiger partial charge is 0.132 e. The maximum absolute atomic E-state index is 5.29. The van der Waals surface area contributed by atoms with Crippen molar-refractivity contribution in [3.63, 3.8) is 0 Å². The highest BCUT2D eigenvalue weighted by atomic mass is 15.0. The molecule has 0 saturated carbocycles. The standard InChI is InChI=1S/C47H46N2/c1-31-27-44(41-20-12-11-18-39(41)32(31)2)33(3)34-23-25-36(26-24-34)47-48-30-38(35-15-7-4-5-8-16-35)29-46(49-47)45-28-37-17-9-6-10-19-40(37)42-21-13-14-22-43(42)45/h4-7,9,13-26,28-29,33,38,42-44H,8,11-12,27,30H2,1-3H3,(H,48,49). The number of aliphatic imine (C=N–C) groups is 1. The summed E-state index contributed by atoms with van der Waals surface area (Å²) in [4.78, 5) is 5.29. The molecule has 8 rings (SSSR count). The lowest BCUT2D eigenvalue weighted by Gasteiger charge is -2.36. The minimum absolute atomic E-state index is 0.177. The van der Waals surface area contributed by atoms with Crippen molar-refractivity contribution in [1.29, 1.82) is 0 Å². The number of hydrogen-bond donors (Lipinski definition) is 1. The number of nitrogens with zero attached hydrogens (tertiary/aromatic N) is 1. The summed E-state index contributed by atoms with van der Waals surface area (Å²) in [5.41, 5.74) is 18.4. The zero-order valence-electron chi connectivity index (χ0n) is 29.0. The van der Waals surface area contributed by atoms with Crippen molar-refractivity contribution >= 4 is 5.84 Å². The van der Waals surface area contributed by atoms with Gasteiger partial charge in [-0.2, -0.15) is 0 Å². The third-order valence-corrected chi connectivity index (χ3v) is 11.5. The molecule has 0 amide bonds. The van der Waals surface area contributed by atoms with Crippen molar-refractivity contribution in [2.75, 3.05) is 6.54 Å². The molecule has 2 nitrogen and oxygen atoms in total. The second kappa shape index (κ2) is 13.5. The van der Waals surface area contributed by atoms with Crippen molar-refractivity contribution in [2.24, 2.45) is 28.7 Å². The normalized spacial score (nSPS) is 27.7. The Hall–Kier alpha value is -4.91. The van der Waals surface area contributed by atoms with Gasteiger partial charge in [0.05, 0.1) is 6.54 Å². The maximum atomic E-state index is 5.29. The van der Waals surface area contributed by atoms with Crippen LogP contribution in [0.1, 0.15) is 63.5 Å². The van der Waals surface area contributed by atoms with Crippen molar-refractivity contribution < 1.29 is 0 Å². The molecule has 0 radical (unpaired) electrons. The minimum Gasteiger partial charge on any atom is -0.340 e. The van der Waals surface area contributed by atoms with Crippen LogP contribution in [0.5, 0.6) is 0 Å². The summed E-state index contributed by atoms with van der Waals surface area (Å²) < 4.78 is 0. The van der Waals surface area contributed by atoms with Crippen LogP contribution in [0.2, 0.25) is 0 Å². The van der Waals surface area contributed by atoms with E-state index in [1.807, 2.05) is 6.08 Å². The van der Waals surface area contributed by atoms with Crippen LogP contribution in [0.25, 0.3) is 0 Å². The molecule has 1 aromatic carbocycles. The monoisotopic (exact) mass is 638 g/mol. The minimum atomic E-state index is 0.177. The van der Waals surface area contributed by atoms with E-state index in [0.717, 1.165) is 42.8 Å². The zero-order valence-corrected chi connectivity index (χ0v) is 29.0. The number of rotatable bonds is 5. The molecule has 1 aromatic rings. The Labute approximate surface area is 292 Å². The van der Waals surface area contributed by atoms with Gasteiger partial charge in [-0.05, 0) is 114 Å². The molecule has 0 aromatic heterocycles. The predicted octanol–water partition coefficient (Wildman–Crippen LogP) is 11.0. The average Bonchev–Trinajstić information content (AvgIpc) is 3.65. The van der Waals surface area contributed by atoms with Crippen LogP contribution >= 0.6 is 0 Å². The SMILES string of the molecule is CC1=C(C)C2=CCCC=C2C(C(C)c2ccc(C3=NCC(C4=CCC=CC=C4)C=C(C4=CC5=C(C=C=CC=C5)C5C=CC=CC45)N3)cc2)C1. The number of benzene rings is 1. The molecule has 5 unspecified atom stereocenters. The molecular weight excluding hydrogens is 593 g/mol. The molecule has 244 valence electrons. The first-order valence-electron chi connectivity index (χ1n) is 18.2. The Bertz CT molecular complexity index is 2020. The van der Waals surface area contributed by atoms with E-state index in [-0.39, 0.29) is 17.8 Å². The summed E-state index contributed by atoms with van der Waals surface area (Å²) in [5.74, 6) is 2.59. The highest BCUT2D eigenvalue weighted by molar-refractivity contribution is 6.00. The Morgan fingerprint density at radius 1 is 0.878 bits per heavy atom. The Kier molecular flexibility index (Phi) is 8.67. The second-order valence-corrected chi connectivity index (χ2v) is 14.4. The van der Waals surface area contributed by atoms with Gasteiger partial charge < -0.3 is 5.32 Å². The second-order valence-electron chi connectivity index (χ2n) is 14.4. The largest absolute Gasteiger partial charge is 0.340 e. The molecule has 5 atom stereocenters.